The molecule has 22 heavy (non-hydrogen) atoms. The molecule has 0 aliphatic carbocycles. The van der Waals surface area contributed by atoms with Gasteiger partial charge in [-0.25, -0.2) is 4.79 Å². The van der Waals surface area contributed by atoms with Crippen LogP contribution < -0.4 is 15.4 Å². The minimum absolute atomic E-state index is 0.0777. The van der Waals surface area contributed by atoms with Crippen LogP contribution >= 0.6 is 0 Å². The standard InChI is InChI=1S/C10H11NO2.C5H4N2O2/c1-11-6-7-3-4-8(13-2)5-9(7)10(11)12;1-2-3-4(8)7-5(9)6-3/h3-5H,6H2,1-2H3;1,3H,(H2,6,7,8,9). The maximum Gasteiger partial charge on any atom is 0.322 e. The molecular weight excluding hydrogens is 286 g/mol. The quantitative estimate of drug-likeness (QED) is 0.569. The van der Waals surface area contributed by atoms with Crippen LogP contribution in [0.5, 0.6) is 5.75 Å². The molecule has 0 saturated carbocycles. The zero-order valence-electron chi connectivity index (χ0n) is 12.2. The number of fused-ring (bicyclic) bond motifs is 1. The Bertz CT molecular complexity index is 678. The minimum Gasteiger partial charge on any atom is -0.497 e. The van der Waals surface area contributed by atoms with Gasteiger partial charge in [0.25, 0.3) is 11.8 Å². The third-order valence-corrected chi connectivity index (χ3v) is 3.24. The van der Waals surface area contributed by atoms with Crippen molar-refractivity contribution >= 4 is 17.8 Å². The summed E-state index contributed by atoms with van der Waals surface area (Å²) in [5.41, 5.74) is 1.84. The van der Waals surface area contributed by atoms with E-state index in [1.54, 1.807) is 25.1 Å². The van der Waals surface area contributed by atoms with Crippen LogP contribution in [0.3, 0.4) is 0 Å². The molecular formula is C15H15N3O4. The van der Waals surface area contributed by atoms with Gasteiger partial charge in [-0.15, -0.1) is 6.42 Å². The fourth-order valence-corrected chi connectivity index (χ4v) is 2.09. The molecule has 1 unspecified atom stereocenters. The molecule has 7 nitrogen and oxygen atoms in total. The van der Waals surface area contributed by atoms with E-state index in [0.717, 1.165) is 16.9 Å². The molecule has 1 fully saturated rings. The van der Waals surface area contributed by atoms with Gasteiger partial charge >= 0.3 is 6.03 Å². The number of methoxy groups -OCH3 is 1. The number of carbonyl (C=O) groups excluding carboxylic acids is 3. The van der Waals surface area contributed by atoms with Crippen molar-refractivity contribution in [2.45, 2.75) is 12.6 Å². The van der Waals surface area contributed by atoms with Crippen molar-refractivity contribution in [3.63, 3.8) is 0 Å². The molecule has 7 heteroatoms. The number of amides is 4. The summed E-state index contributed by atoms with van der Waals surface area (Å²) in [5.74, 6) is 2.46. The van der Waals surface area contributed by atoms with Crippen LogP contribution in [0.1, 0.15) is 15.9 Å². The molecule has 1 saturated heterocycles. The average molecular weight is 301 g/mol. The van der Waals surface area contributed by atoms with Gasteiger partial charge in [0.1, 0.15) is 5.75 Å². The molecule has 114 valence electrons. The van der Waals surface area contributed by atoms with Crippen LogP contribution in [0.15, 0.2) is 18.2 Å². The van der Waals surface area contributed by atoms with Crippen LogP contribution in [-0.2, 0) is 11.3 Å². The smallest absolute Gasteiger partial charge is 0.322 e. The van der Waals surface area contributed by atoms with Crippen LogP contribution in [0, 0.1) is 12.3 Å². The predicted octanol–water partition coefficient (Wildman–Crippen LogP) is 0.108. The molecule has 0 radical (unpaired) electrons. The first-order valence-corrected chi connectivity index (χ1v) is 6.46. The highest BCUT2D eigenvalue weighted by Crippen LogP contribution is 2.25. The molecule has 3 rings (SSSR count). The lowest BCUT2D eigenvalue weighted by Crippen LogP contribution is -2.26. The molecule has 1 aromatic carbocycles. The number of hydrogen-bond acceptors (Lipinski definition) is 4. The largest absolute Gasteiger partial charge is 0.497 e. The van der Waals surface area contributed by atoms with Crippen molar-refractivity contribution in [1.82, 2.24) is 15.5 Å². The Labute approximate surface area is 127 Å². The molecule has 0 spiro atoms. The lowest BCUT2D eigenvalue weighted by atomic mass is 10.1. The fourth-order valence-electron chi connectivity index (χ4n) is 2.09. The summed E-state index contributed by atoms with van der Waals surface area (Å²) >= 11 is 0. The highest BCUT2D eigenvalue weighted by atomic mass is 16.5. The Balaban J connectivity index is 0.000000172. The second-order valence-electron chi connectivity index (χ2n) is 4.75. The van der Waals surface area contributed by atoms with E-state index in [1.165, 1.54) is 0 Å². The Hall–Kier alpha value is -3.01. The van der Waals surface area contributed by atoms with Crippen LogP contribution in [0.2, 0.25) is 0 Å². The summed E-state index contributed by atoms with van der Waals surface area (Å²) in [6, 6.07) is 4.31. The fraction of sp³-hybridized carbons (Fsp3) is 0.267. The number of carbonyl (C=O) groups is 3. The number of terminal acetylenes is 1. The third kappa shape index (κ3) is 3.01. The van der Waals surface area contributed by atoms with Crippen molar-refractivity contribution in [3.8, 4) is 18.1 Å². The number of imide groups is 1. The number of rotatable bonds is 1. The summed E-state index contributed by atoms with van der Waals surface area (Å²) in [5, 5.41) is 4.20. The van der Waals surface area contributed by atoms with Crippen molar-refractivity contribution in [3.05, 3.63) is 29.3 Å². The minimum atomic E-state index is -0.780. The van der Waals surface area contributed by atoms with Gasteiger partial charge < -0.3 is 15.0 Å². The molecule has 2 N–H and O–H groups in total. The van der Waals surface area contributed by atoms with E-state index in [9.17, 15) is 14.4 Å². The number of urea groups is 1. The number of nitrogens with zero attached hydrogens (tertiary/aromatic N) is 1. The van der Waals surface area contributed by atoms with E-state index in [-0.39, 0.29) is 5.91 Å². The first-order chi connectivity index (χ1) is 10.5. The Morgan fingerprint density at radius 1 is 1.36 bits per heavy atom. The highest BCUT2D eigenvalue weighted by Gasteiger charge is 2.27. The van der Waals surface area contributed by atoms with Crippen molar-refractivity contribution in [2.75, 3.05) is 14.2 Å². The first kappa shape index (κ1) is 15.4. The zero-order chi connectivity index (χ0) is 16.3. The highest BCUT2D eigenvalue weighted by molar-refractivity contribution is 6.05. The second-order valence-corrected chi connectivity index (χ2v) is 4.75. The van der Waals surface area contributed by atoms with E-state index in [4.69, 9.17) is 11.2 Å². The van der Waals surface area contributed by atoms with Gasteiger partial charge in [-0.1, -0.05) is 12.0 Å². The Morgan fingerprint density at radius 2 is 2.09 bits per heavy atom. The summed E-state index contributed by atoms with van der Waals surface area (Å²) in [4.78, 5) is 34.0. The van der Waals surface area contributed by atoms with Crippen LogP contribution in [-0.4, -0.2) is 42.9 Å². The van der Waals surface area contributed by atoms with Gasteiger partial charge in [-0.05, 0) is 17.7 Å². The predicted molar refractivity (Wildman–Crippen MR) is 78.1 cm³/mol. The van der Waals surface area contributed by atoms with Crippen LogP contribution in [0.25, 0.3) is 0 Å². The van der Waals surface area contributed by atoms with E-state index in [0.29, 0.717) is 6.54 Å². The molecule has 2 aliphatic rings. The van der Waals surface area contributed by atoms with Crippen molar-refractivity contribution < 1.29 is 19.1 Å². The molecule has 2 heterocycles. The molecule has 4 amide bonds. The summed E-state index contributed by atoms with van der Waals surface area (Å²) in [6.07, 6.45) is 4.86. The number of hydrogen-bond donors (Lipinski definition) is 2. The Kier molecular flexibility index (Phi) is 4.32. The van der Waals surface area contributed by atoms with Gasteiger partial charge in [0.05, 0.1) is 7.11 Å². The topological polar surface area (TPSA) is 87.7 Å². The van der Waals surface area contributed by atoms with Gasteiger partial charge in [0, 0.05) is 19.2 Å². The summed E-state index contributed by atoms with van der Waals surface area (Å²) in [6.45, 7) is 0.707. The van der Waals surface area contributed by atoms with Crippen LogP contribution in [0.4, 0.5) is 4.79 Å². The molecule has 1 atom stereocenters. The number of benzene rings is 1. The Morgan fingerprint density at radius 3 is 2.59 bits per heavy atom. The monoisotopic (exact) mass is 301 g/mol. The number of nitrogens with one attached hydrogen (secondary N) is 2. The number of ether oxygens (including phenoxy) is 1. The zero-order valence-corrected chi connectivity index (χ0v) is 12.2. The first-order valence-electron chi connectivity index (χ1n) is 6.46. The van der Waals surface area contributed by atoms with Gasteiger partial charge in [0.2, 0.25) is 0 Å². The average Bonchev–Trinajstić information content (AvgIpc) is 2.98. The SMILES string of the molecule is C#CC1NC(=O)NC1=O.COc1ccc2c(c1)C(=O)N(C)C2. The molecule has 0 bridgehead atoms. The molecule has 2 aliphatic heterocycles. The van der Waals surface area contributed by atoms with E-state index in [1.807, 2.05) is 17.4 Å². The van der Waals surface area contributed by atoms with Crippen molar-refractivity contribution in [2.24, 2.45) is 0 Å². The van der Waals surface area contributed by atoms with Crippen molar-refractivity contribution in [1.29, 1.82) is 0 Å². The second kappa shape index (κ2) is 6.18. The molecule has 0 aromatic heterocycles. The summed E-state index contributed by atoms with van der Waals surface area (Å²) in [7, 11) is 3.40. The van der Waals surface area contributed by atoms with Gasteiger partial charge in [-0.3, -0.25) is 14.9 Å². The maximum absolute atomic E-state index is 11.5. The lowest BCUT2D eigenvalue weighted by molar-refractivity contribution is -0.119. The normalized spacial score (nSPS) is 18.7. The van der Waals surface area contributed by atoms with Gasteiger partial charge in [0.15, 0.2) is 6.04 Å². The van der Waals surface area contributed by atoms with E-state index >= 15 is 0 Å². The lowest BCUT2D eigenvalue weighted by Gasteiger charge is -2.04. The van der Waals surface area contributed by atoms with E-state index < -0.39 is 18.0 Å². The van der Waals surface area contributed by atoms with Gasteiger partial charge in [-0.2, -0.15) is 0 Å². The molecule has 1 aromatic rings. The third-order valence-electron chi connectivity index (χ3n) is 3.24. The maximum atomic E-state index is 11.5. The summed E-state index contributed by atoms with van der Waals surface area (Å²) < 4.78 is 5.05. The van der Waals surface area contributed by atoms with E-state index in [2.05, 4.69) is 11.2 Å².